The van der Waals surface area contributed by atoms with Crippen LogP contribution in [-0.4, -0.2) is 30.4 Å². The lowest BCUT2D eigenvalue weighted by Gasteiger charge is -2.13. The average molecular weight is 287 g/mol. The van der Waals surface area contributed by atoms with Gasteiger partial charge in [-0.2, -0.15) is 0 Å². The molecule has 0 saturated carbocycles. The van der Waals surface area contributed by atoms with Crippen molar-refractivity contribution in [1.82, 2.24) is 4.57 Å². The van der Waals surface area contributed by atoms with Crippen LogP contribution in [0.1, 0.15) is 5.56 Å². The van der Waals surface area contributed by atoms with Gasteiger partial charge >= 0.3 is 5.97 Å². The Hall–Kier alpha value is -2.43. The molecule has 0 amide bonds. The van der Waals surface area contributed by atoms with Crippen molar-refractivity contribution in [3.63, 3.8) is 0 Å². The van der Waals surface area contributed by atoms with E-state index in [-0.39, 0.29) is 5.97 Å². The molecule has 2 aromatic rings. The molecule has 0 unspecified atom stereocenters. The molecular formula is C16H17NO4. The van der Waals surface area contributed by atoms with Gasteiger partial charge in [0.05, 0.1) is 25.4 Å². The number of benzene rings is 1. The maximum absolute atomic E-state index is 11.7. The van der Waals surface area contributed by atoms with Crippen LogP contribution in [0.5, 0.6) is 11.5 Å². The third kappa shape index (κ3) is 3.56. The normalized spacial score (nSPS) is 13.0. The van der Waals surface area contributed by atoms with Crippen LogP contribution in [-0.2, 0) is 22.5 Å². The van der Waals surface area contributed by atoms with Crippen LogP contribution in [0.4, 0.5) is 0 Å². The number of ether oxygens (including phenoxy) is 3. The van der Waals surface area contributed by atoms with Gasteiger partial charge in [0.2, 0.25) is 0 Å². The molecule has 1 aromatic carbocycles. The lowest BCUT2D eigenvalue weighted by atomic mass is 10.2. The van der Waals surface area contributed by atoms with Crippen molar-refractivity contribution < 1.29 is 19.0 Å². The first-order chi connectivity index (χ1) is 10.3. The Morgan fingerprint density at radius 1 is 1.10 bits per heavy atom. The lowest BCUT2D eigenvalue weighted by molar-refractivity contribution is -0.143. The third-order valence-electron chi connectivity index (χ3n) is 3.21. The highest BCUT2D eigenvalue weighted by Gasteiger charge is 2.14. The number of rotatable bonds is 5. The molecule has 1 aromatic heterocycles. The summed E-state index contributed by atoms with van der Waals surface area (Å²) in [6.07, 6.45) is 4.02. The molecule has 21 heavy (non-hydrogen) atoms. The number of hydrogen-bond acceptors (Lipinski definition) is 4. The monoisotopic (exact) mass is 287 g/mol. The van der Waals surface area contributed by atoms with E-state index in [0.29, 0.717) is 32.8 Å². The second-order valence-corrected chi connectivity index (χ2v) is 4.80. The molecule has 0 spiro atoms. The van der Waals surface area contributed by atoms with Gasteiger partial charge in [0.25, 0.3) is 0 Å². The first kappa shape index (κ1) is 13.5. The summed E-state index contributed by atoms with van der Waals surface area (Å²) in [5.41, 5.74) is 0.959. The van der Waals surface area contributed by atoms with Crippen LogP contribution in [0, 0.1) is 0 Å². The number of nitrogens with zero attached hydrogens (tertiary/aromatic N) is 1. The fourth-order valence-corrected chi connectivity index (χ4v) is 2.19. The molecule has 0 radical (unpaired) electrons. The number of hydrogen-bond donors (Lipinski definition) is 0. The minimum absolute atomic E-state index is 0.217. The lowest BCUT2D eigenvalue weighted by Crippen LogP contribution is -2.13. The van der Waals surface area contributed by atoms with E-state index in [2.05, 4.69) is 0 Å². The topological polar surface area (TPSA) is 49.7 Å². The Morgan fingerprint density at radius 3 is 2.43 bits per heavy atom. The summed E-state index contributed by atoms with van der Waals surface area (Å²) in [6.45, 7) is 2.06. The average Bonchev–Trinajstić information content (AvgIpc) is 2.91. The van der Waals surface area contributed by atoms with E-state index < -0.39 is 0 Å². The second-order valence-electron chi connectivity index (χ2n) is 4.80. The summed E-state index contributed by atoms with van der Waals surface area (Å²) in [6, 6.07) is 9.57. The largest absolute Gasteiger partial charge is 0.485 e. The highest BCUT2D eigenvalue weighted by Crippen LogP contribution is 2.30. The summed E-state index contributed by atoms with van der Waals surface area (Å²) in [5.74, 6) is 1.28. The van der Waals surface area contributed by atoms with Crippen molar-refractivity contribution in [1.29, 1.82) is 0 Å². The van der Waals surface area contributed by atoms with Gasteiger partial charge in [-0.05, 0) is 5.56 Å². The van der Waals surface area contributed by atoms with Crippen molar-refractivity contribution in [2.45, 2.75) is 13.0 Å². The van der Waals surface area contributed by atoms with E-state index in [0.717, 1.165) is 17.1 Å². The van der Waals surface area contributed by atoms with Crippen molar-refractivity contribution >= 4 is 5.97 Å². The van der Waals surface area contributed by atoms with Crippen molar-refractivity contribution in [2.75, 3.05) is 19.8 Å². The number of fused-ring (bicyclic) bond motifs is 1. The molecule has 0 atom stereocenters. The van der Waals surface area contributed by atoms with Crippen molar-refractivity contribution in [3.8, 4) is 11.5 Å². The molecule has 3 rings (SSSR count). The molecule has 5 heteroatoms. The van der Waals surface area contributed by atoms with Crippen LogP contribution in [0.15, 0.2) is 42.7 Å². The molecule has 0 aliphatic carbocycles. The molecule has 0 bridgehead atoms. The molecule has 1 aliphatic rings. The fourth-order valence-electron chi connectivity index (χ4n) is 2.19. The van der Waals surface area contributed by atoms with Gasteiger partial charge in [-0.15, -0.1) is 0 Å². The summed E-state index contributed by atoms with van der Waals surface area (Å²) in [7, 11) is 0. The van der Waals surface area contributed by atoms with Gasteiger partial charge in [-0.25, -0.2) is 0 Å². The zero-order chi connectivity index (χ0) is 14.5. The highest BCUT2D eigenvalue weighted by molar-refractivity contribution is 5.72. The minimum Gasteiger partial charge on any atom is -0.485 e. The van der Waals surface area contributed by atoms with Gasteiger partial charge in [0, 0.05) is 0 Å². The van der Waals surface area contributed by atoms with Gasteiger partial charge in [-0.1, -0.05) is 30.3 Å². The van der Waals surface area contributed by atoms with E-state index in [4.69, 9.17) is 14.2 Å². The molecule has 110 valence electrons. The maximum Gasteiger partial charge on any atom is 0.310 e. The number of carbonyl (C=O) groups excluding carboxylic acids is 1. The highest BCUT2D eigenvalue weighted by atomic mass is 16.6. The Morgan fingerprint density at radius 2 is 1.76 bits per heavy atom. The zero-order valence-corrected chi connectivity index (χ0v) is 11.7. The number of carbonyl (C=O) groups is 1. The first-order valence-electron chi connectivity index (χ1n) is 6.96. The van der Waals surface area contributed by atoms with E-state index in [1.807, 2.05) is 47.3 Å². The first-order valence-corrected chi connectivity index (χ1v) is 6.96. The predicted molar refractivity (Wildman–Crippen MR) is 76.5 cm³/mol. The minimum atomic E-state index is -0.217. The van der Waals surface area contributed by atoms with Crippen molar-refractivity contribution in [2.24, 2.45) is 0 Å². The quantitative estimate of drug-likeness (QED) is 0.790. The molecule has 5 nitrogen and oxygen atoms in total. The van der Waals surface area contributed by atoms with Gasteiger partial charge in [0.1, 0.15) is 19.8 Å². The molecule has 1 aliphatic heterocycles. The molecule has 2 heterocycles. The van der Waals surface area contributed by atoms with E-state index in [1.165, 1.54) is 0 Å². The Bertz CT molecular complexity index is 582. The Balaban J connectivity index is 1.45. The summed E-state index contributed by atoms with van der Waals surface area (Å²) in [4.78, 5) is 11.7. The Kier molecular flexibility index (Phi) is 4.09. The van der Waals surface area contributed by atoms with Crippen molar-refractivity contribution in [3.05, 3.63) is 48.3 Å². The third-order valence-corrected chi connectivity index (χ3v) is 3.21. The van der Waals surface area contributed by atoms with Gasteiger partial charge < -0.3 is 18.8 Å². The Labute approximate surface area is 123 Å². The number of esters is 1. The molecule has 0 fully saturated rings. The number of aromatic nitrogens is 1. The summed E-state index contributed by atoms with van der Waals surface area (Å²) < 4.78 is 18.1. The second kappa shape index (κ2) is 6.35. The van der Waals surface area contributed by atoms with Crippen LogP contribution >= 0.6 is 0 Å². The predicted octanol–water partition coefficient (Wildman–Crippen LogP) is 2.05. The molecule has 0 saturated heterocycles. The standard InChI is InChI=1S/C16H17NO4/c18-16(10-13-4-2-1-3-5-13)21-7-6-17-11-14-15(12-17)20-9-8-19-14/h1-5,11-12H,6-10H2. The fraction of sp³-hybridized carbons (Fsp3) is 0.312. The van der Waals surface area contributed by atoms with Gasteiger partial charge in [-0.3, -0.25) is 4.79 Å². The smallest absolute Gasteiger partial charge is 0.310 e. The summed E-state index contributed by atoms with van der Waals surface area (Å²) >= 11 is 0. The zero-order valence-electron chi connectivity index (χ0n) is 11.7. The summed E-state index contributed by atoms with van der Waals surface area (Å²) in [5, 5.41) is 0. The van der Waals surface area contributed by atoms with Crippen LogP contribution in [0.3, 0.4) is 0 Å². The SMILES string of the molecule is O=C(Cc1ccccc1)OCCn1cc2c(c1)OCCO2. The van der Waals surface area contributed by atoms with Crippen LogP contribution in [0.25, 0.3) is 0 Å². The van der Waals surface area contributed by atoms with E-state index >= 15 is 0 Å². The molecular weight excluding hydrogens is 270 g/mol. The van der Waals surface area contributed by atoms with Crippen LogP contribution in [0.2, 0.25) is 0 Å². The maximum atomic E-state index is 11.7. The van der Waals surface area contributed by atoms with Crippen LogP contribution < -0.4 is 9.47 Å². The van der Waals surface area contributed by atoms with E-state index in [9.17, 15) is 4.79 Å². The van der Waals surface area contributed by atoms with Gasteiger partial charge in [0.15, 0.2) is 11.5 Å². The molecule has 0 N–H and O–H groups in total. The van der Waals surface area contributed by atoms with E-state index in [1.54, 1.807) is 0 Å².